The molecule has 0 aliphatic carbocycles. The predicted molar refractivity (Wildman–Crippen MR) is 282 cm³/mol. The van der Waals surface area contributed by atoms with Crippen molar-refractivity contribution in [1.29, 1.82) is 0 Å². The number of aliphatic hydroxyl groups excluding tert-OH is 1. The Morgan fingerprint density at radius 3 is 2.01 bits per heavy atom. The van der Waals surface area contributed by atoms with Crippen LogP contribution in [0.3, 0.4) is 0 Å². The molecule has 1 aliphatic rings. The van der Waals surface area contributed by atoms with E-state index in [-0.39, 0.29) is 43.1 Å². The number of carbonyl (C=O) groups excluding carboxylic acids is 4. The number of likely N-dealkylation sites (N-methyl/N-ethyl adjacent to an activating group) is 1. The Bertz CT molecular complexity index is 2480. The Labute approximate surface area is 419 Å². The van der Waals surface area contributed by atoms with Gasteiger partial charge >= 0.3 is 0 Å². The second-order valence-corrected chi connectivity index (χ2v) is 20.4. The van der Waals surface area contributed by atoms with E-state index in [2.05, 4.69) is 83.2 Å². The van der Waals surface area contributed by atoms with E-state index >= 15 is 0 Å². The number of benzene rings is 4. The zero-order valence-electron chi connectivity index (χ0n) is 42.0. The summed E-state index contributed by atoms with van der Waals surface area (Å²) < 4.78 is 6.08. The molecule has 0 saturated carbocycles. The first-order valence-electron chi connectivity index (χ1n) is 25.1. The SMILES string of the molecule is CC/C(=C(\c1ccccc1)c1ccc(OCCN(C)C(=O)CCCCCCCCCC(=O)N[C@H](C(=O)N2C[C@H](O)C[C@H]2C(=O)NCc2ccc(-c3scnc3C)cc2)C(C)(C)C)cc1)c1ccccc1. The third kappa shape index (κ3) is 15.2. The number of nitrogens with zero attached hydrogens (tertiary/aromatic N) is 3. The van der Waals surface area contributed by atoms with E-state index in [9.17, 15) is 24.3 Å². The molecule has 1 aromatic heterocycles. The summed E-state index contributed by atoms with van der Waals surface area (Å²) in [7, 11) is 1.83. The molecule has 4 amide bonds. The number of rotatable bonds is 24. The van der Waals surface area contributed by atoms with Gasteiger partial charge in [0, 0.05) is 39.4 Å². The van der Waals surface area contributed by atoms with Crippen molar-refractivity contribution in [3.05, 3.63) is 143 Å². The minimum absolute atomic E-state index is 0.0312. The van der Waals surface area contributed by atoms with Crippen molar-refractivity contribution in [2.45, 2.75) is 130 Å². The van der Waals surface area contributed by atoms with E-state index < -0.39 is 23.6 Å². The summed E-state index contributed by atoms with van der Waals surface area (Å²) in [6, 6.07) is 35.6. The lowest BCUT2D eigenvalue weighted by Crippen LogP contribution is -2.57. The van der Waals surface area contributed by atoms with Gasteiger partial charge < -0.3 is 30.3 Å². The van der Waals surface area contributed by atoms with Crippen molar-refractivity contribution in [3.63, 3.8) is 0 Å². The third-order valence-corrected chi connectivity index (χ3v) is 14.1. The predicted octanol–water partition coefficient (Wildman–Crippen LogP) is 10.6. The number of hydrogen-bond acceptors (Lipinski definition) is 8. The summed E-state index contributed by atoms with van der Waals surface area (Å²) in [4.78, 5) is 62.2. The van der Waals surface area contributed by atoms with Gasteiger partial charge in [-0.25, -0.2) is 4.98 Å². The summed E-state index contributed by atoms with van der Waals surface area (Å²) in [6.45, 7) is 11.1. The Balaban J connectivity index is 0.850. The number of aliphatic hydroxyl groups is 1. The number of aromatic nitrogens is 1. The highest BCUT2D eigenvalue weighted by atomic mass is 32.1. The molecule has 11 nitrogen and oxygen atoms in total. The molecule has 1 fully saturated rings. The summed E-state index contributed by atoms with van der Waals surface area (Å²) in [5.74, 6) is -0.0139. The van der Waals surface area contributed by atoms with Crippen LogP contribution in [0.1, 0.15) is 126 Å². The summed E-state index contributed by atoms with van der Waals surface area (Å²) in [5, 5.41) is 16.5. The summed E-state index contributed by atoms with van der Waals surface area (Å²) >= 11 is 1.58. The maximum Gasteiger partial charge on any atom is 0.246 e. The van der Waals surface area contributed by atoms with Crippen LogP contribution in [0.5, 0.6) is 5.75 Å². The maximum absolute atomic E-state index is 14.0. The normalized spacial score (nSPS) is 15.5. The van der Waals surface area contributed by atoms with Crippen LogP contribution in [-0.4, -0.2) is 88.5 Å². The van der Waals surface area contributed by atoms with Crippen molar-refractivity contribution in [1.82, 2.24) is 25.4 Å². The van der Waals surface area contributed by atoms with Gasteiger partial charge in [-0.05, 0) is 82.7 Å². The summed E-state index contributed by atoms with van der Waals surface area (Å²) in [6.07, 6.45) is 7.40. The van der Waals surface area contributed by atoms with E-state index in [4.69, 9.17) is 4.74 Å². The number of unbranched alkanes of at least 4 members (excludes halogenated alkanes) is 6. The number of nitrogens with one attached hydrogen (secondary N) is 2. The van der Waals surface area contributed by atoms with E-state index in [1.165, 1.54) is 27.2 Å². The van der Waals surface area contributed by atoms with Gasteiger partial charge in [-0.15, -0.1) is 11.3 Å². The van der Waals surface area contributed by atoms with Gasteiger partial charge in [0.15, 0.2) is 0 Å². The second-order valence-electron chi connectivity index (χ2n) is 19.5. The fourth-order valence-corrected chi connectivity index (χ4v) is 9.89. The monoisotopic (exact) mass is 968 g/mol. The molecule has 3 N–H and O–H groups in total. The number of likely N-dealkylation sites (tertiary alicyclic amines) is 1. The molecule has 0 bridgehead atoms. The van der Waals surface area contributed by atoms with Crippen molar-refractivity contribution < 1.29 is 29.0 Å². The molecular formula is C58H73N5O6S. The Kier molecular flexibility index (Phi) is 19.9. The quantitative estimate of drug-likeness (QED) is 0.0413. The Morgan fingerprint density at radius 1 is 0.814 bits per heavy atom. The molecule has 372 valence electrons. The third-order valence-electron chi connectivity index (χ3n) is 13.1. The van der Waals surface area contributed by atoms with Crippen molar-refractivity contribution >= 4 is 46.1 Å². The smallest absolute Gasteiger partial charge is 0.246 e. The highest BCUT2D eigenvalue weighted by Crippen LogP contribution is 2.35. The second kappa shape index (κ2) is 26.2. The average Bonchev–Trinajstić information content (AvgIpc) is 3.98. The molecule has 4 aromatic carbocycles. The van der Waals surface area contributed by atoms with E-state index in [0.717, 1.165) is 78.0 Å². The molecule has 2 heterocycles. The van der Waals surface area contributed by atoms with Gasteiger partial charge in [-0.2, -0.15) is 0 Å². The van der Waals surface area contributed by atoms with Crippen LogP contribution in [0, 0.1) is 12.3 Å². The molecule has 6 rings (SSSR count). The molecule has 0 radical (unpaired) electrons. The van der Waals surface area contributed by atoms with Crippen LogP contribution in [-0.2, 0) is 25.7 Å². The zero-order valence-corrected chi connectivity index (χ0v) is 42.9. The lowest BCUT2D eigenvalue weighted by atomic mass is 9.85. The molecule has 1 aliphatic heterocycles. The molecule has 0 unspecified atom stereocenters. The molecule has 70 heavy (non-hydrogen) atoms. The standard InChI is InChI=1S/C58H73N5O6S/c1-7-49(43-21-15-13-16-22-43)53(44-23-17-14-18-24-44)45-31-33-48(34-32-45)69-36-35-62(6)52(66)26-20-12-10-8-9-11-19-25-51(65)61-55(58(3,4)5)57(68)63-39-47(64)37-50(63)56(67)59-38-42-27-29-46(30-28-42)54-41(2)60-40-70-54/h13-18,21-24,27-34,40,47,50,55,64H,7-12,19-20,25-26,35-39H2,1-6H3,(H,59,67)(H,61,65)/b53-49-/t47-,50+,55-/m1/s1. The molecule has 3 atom stereocenters. The number of allylic oxidation sites excluding steroid dienone is 1. The van der Waals surface area contributed by atoms with Gasteiger partial charge in [0.05, 0.1) is 28.7 Å². The minimum Gasteiger partial charge on any atom is -0.492 e. The first-order valence-corrected chi connectivity index (χ1v) is 26.0. The van der Waals surface area contributed by atoms with Gasteiger partial charge in [0.2, 0.25) is 23.6 Å². The fraction of sp³-hybridized carbons (Fsp3) is 0.431. The van der Waals surface area contributed by atoms with Gasteiger partial charge in [0.1, 0.15) is 24.4 Å². The van der Waals surface area contributed by atoms with Gasteiger partial charge in [-0.3, -0.25) is 19.2 Å². The first kappa shape index (κ1) is 53.2. The maximum atomic E-state index is 14.0. The topological polar surface area (TPSA) is 141 Å². The van der Waals surface area contributed by atoms with Crippen LogP contribution < -0.4 is 15.4 Å². The van der Waals surface area contributed by atoms with Crippen molar-refractivity contribution in [2.24, 2.45) is 5.41 Å². The van der Waals surface area contributed by atoms with E-state index in [1.807, 2.05) is 88.8 Å². The Hall–Kier alpha value is -6.11. The lowest BCUT2D eigenvalue weighted by Gasteiger charge is -2.35. The fourth-order valence-electron chi connectivity index (χ4n) is 9.08. The number of hydrogen-bond donors (Lipinski definition) is 3. The average molecular weight is 968 g/mol. The van der Waals surface area contributed by atoms with Crippen LogP contribution in [0.2, 0.25) is 0 Å². The number of β-amino-alcohol motifs (C(OH)–C–C–N with tert-alkyl or cyclic N) is 1. The highest BCUT2D eigenvalue weighted by molar-refractivity contribution is 7.13. The van der Waals surface area contributed by atoms with Crippen LogP contribution in [0.15, 0.2) is 115 Å². The van der Waals surface area contributed by atoms with Gasteiger partial charge in [0.25, 0.3) is 0 Å². The van der Waals surface area contributed by atoms with Crippen LogP contribution >= 0.6 is 11.3 Å². The number of ether oxygens (including phenoxy) is 1. The van der Waals surface area contributed by atoms with E-state index in [0.29, 0.717) is 32.4 Å². The zero-order chi connectivity index (χ0) is 50.0. The summed E-state index contributed by atoms with van der Waals surface area (Å²) in [5.41, 5.74) is 10.2. The minimum atomic E-state index is -0.855. The number of amides is 4. The lowest BCUT2D eigenvalue weighted by molar-refractivity contribution is -0.144. The van der Waals surface area contributed by atoms with Gasteiger partial charge in [-0.1, -0.05) is 157 Å². The first-order chi connectivity index (χ1) is 33.7. The number of carbonyl (C=O) groups is 4. The highest BCUT2D eigenvalue weighted by Gasteiger charge is 2.44. The largest absolute Gasteiger partial charge is 0.492 e. The number of aryl methyl sites for hydroxylation is 1. The molecule has 0 spiro atoms. The molecular weight excluding hydrogens is 895 g/mol. The number of thiazole rings is 1. The van der Waals surface area contributed by atoms with Crippen LogP contribution in [0.25, 0.3) is 21.6 Å². The van der Waals surface area contributed by atoms with E-state index in [1.54, 1.807) is 16.2 Å². The Morgan fingerprint density at radius 2 is 1.41 bits per heavy atom. The molecule has 12 heteroatoms. The van der Waals surface area contributed by atoms with Crippen molar-refractivity contribution in [2.75, 3.05) is 26.7 Å². The molecule has 5 aromatic rings. The molecule has 1 saturated heterocycles. The van der Waals surface area contributed by atoms with Crippen molar-refractivity contribution in [3.8, 4) is 16.2 Å². The van der Waals surface area contributed by atoms with Crippen LogP contribution in [0.4, 0.5) is 0 Å².